The van der Waals surface area contributed by atoms with Crippen LogP contribution in [0.1, 0.15) is 43.1 Å². The molecule has 106 valence electrons. The molecule has 3 N–H and O–H groups in total. The lowest BCUT2D eigenvalue weighted by molar-refractivity contribution is 0.0368. The predicted molar refractivity (Wildman–Crippen MR) is 75.3 cm³/mol. The molecule has 0 aliphatic carbocycles. The smallest absolute Gasteiger partial charge is 0.255 e. The number of aryl methyl sites for hydroxylation is 1. The molecule has 1 aromatic carbocycles. The quantitative estimate of drug-likeness (QED) is 0.764. The molecule has 0 fully saturated rings. The van der Waals surface area contributed by atoms with Crippen LogP contribution in [-0.2, 0) is 0 Å². The van der Waals surface area contributed by atoms with Crippen molar-refractivity contribution in [2.24, 2.45) is 5.92 Å². The van der Waals surface area contributed by atoms with Crippen molar-refractivity contribution in [2.45, 2.75) is 39.7 Å². The second-order valence-electron chi connectivity index (χ2n) is 5.80. The van der Waals surface area contributed by atoms with E-state index in [1.807, 2.05) is 20.8 Å². The van der Waals surface area contributed by atoms with Crippen molar-refractivity contribution in [1.29, 1.82) is 0 Å². The minimum atomic E-state index is -0.940. The molecule has 0 bridgehead atoms. The molecule has 0 aromatic heterocycles. The van der Waals surface area contributed by atoms with E-state index in [0.717, 1.165) is 5.56 Å². The summed E-state index contributed by atoms with van der Waals surface area (Å²) in [5, 5.41) is 22.5. The predicted octanol–water partition coefficient (Wildman–Crippen LogP) is 2.23. The van der Waals surface area contributed by atoms with Crippen LogP contribution in [0, 0.1) is 12.8 Å². The average molecular weight is 265 g/mol. The second kappa shape index (κ2) is 6.06. The Kier molecular flexibility index (Phi) is 4.95. The first-order valence-corrected chi connectivity index (χ1v) is 6.51. The van der Waals surface area contributed by atoms with E-state index in [1.54, 1.807) is 25.1 Å². The molecule has 1 aromatic rings. The number of aromatic hydroxyl groups is 1. The van der Waals surface area contributed by atoms with Gasteiger partial charge in [-0.3, -0.25) is 4.79 Å². The van der Waals surface area contributed by atoms with Gasteiger partial charge in [-0.05, 0) is 43.9 Å². The van der Waals surface area contributed by atoms with Crippen LogP contribution in [0.3, 0.4) is 0 Å². The molecule has 0 aliphatic heterocycles. The van der Waals surface area contributed by atoms with Gasteiger partial charge in [-0.1, -0.05) is 19.9 Å². The van der Waals surface area contributed by atoms with Crippen LogP contribution in [0.25, 0.3) is 0 Å². The summed E-state index contributed by atoms with van der Waals surface area (Å²) >= 11 is 0. The summed E-state index contributed by atoms with van der Waals surface area (Å²) in [5.74, 6) is -0.0674. The first kappa shape index (κ1) is 15.5. The SMILES string of the molecule is Cc1ccc(C(=O)NCC(C)(O)CC(C)C)c(O)c1. The lowest BCUT2D eigenvalue weighted by Gasteiger charge is -2.25. The number of aliphatic hydroxyl groups is 1. The fourth-order valence-corrected chi connectivity index (χ4v) is 2.15. The maximum absolute atomic E-state index is 11.9. The number of phenolic OH excluding ortho intramolecular Hbond substituents is 1. The summed E-state index contributed by atoms with van der Waals surface area (Å²) in [4.78, 5) is 11.9. The zero-order valence-electron chi connectivity index (χ0n) is 12.0. The van der Waals surface area contributed by atoms with Gasteiger partial charge >= 0.3 is 0 Å². The first-order chi connectivity index (χ1) is 8.71. The number of hydrogen-bond acceptors (Lipinski definition) is 3. The van der Waals surface area contributed by atoms with E-state index in [0.29, 0.717) is 12.3 Å². The van der Waals surface area contributed by atoms with Crippen LogP contribution in [0.2, 0.25) is 0 Å². The van der Waals surface area contributed by atoms with Crippen molar-refractivity contribution in [3.63, 3.8) is 0 Å². The molecule has 0 radical (unpaired) electrons. The number of phenols is 1. The highest BCUT2D eigenvalue weighted by Gasteiger charge is 2.23. The van der Waals surface area contributed by atoms with E-state index in [4.69, 9.17) is 0 Å². The fraction of sp³-hybridized carbons (Fsp3) is 0.533. The largest absolute Gasteiger partial charge is 0.507 e. The van der Waals surface area contributed by atoms with Crippen LogP contribution < -0.4 is 5.32 Å². The zero-order chi connectivity index (χ0) is 14.6. The minimum absolute atomic E-state index is 0.0407. The maximum atomic E-state index is 11.9. The minimum Gasteiger partial charge on any atom is -0.507 e. The zero-order valence-corrected chi connectivity index (χ0v) is 12.0. The lowest BCUT2D eigenvalue weighted by atomic mass is 9.94. The standard InChI is InChI=1S/C15H23NO3/c1-10(2)8-15(4,19)9-16-14(18)12-6-5-11(3)7-13(12)17/h5-7,10,17,19H,8-9H2,1-4H3,(H,16,18). The molecule has 1 unspecified atom stereocenters. The molecule has 4 heteroatoms. The van der Waals surface area contributed by atoms with Gasteiger partial charge in [0.25, 0.3) is 5.91 Å². The molecule has 1 amide bonds. The topological polar surface area (TPSA) is 69.6 Å². The van der Waals surface area contributed by atoms with Gasteiger partial charge in [0.15, 0.2) is 0 Å². The number of carbonyl (C=O) groups excluding carboxylic acids is 1. The van der Waals surface area contributed by atoms with E-state index in [-0.39, 0.29) is 23.8 Å². The van der Waals surface area contributed by atoms with Gasteiger partial charge in [0.1, 0.15) is 5.75 Å². The number of rotatable bonds is 5. The van der Waals surface area contributed by atoms with Crippen molar-refractivity contribution in [3.05, 3.63) is 29.3 Å². The van der Waals surface area contributed by atoms with Gasteiger partial charge in [0.05, 0.1) is 11.2 Å². The van der Waals surface area contributed by atoms with E-state index < -0.39 is 5.60 Å². The third kappa shape index (κ3) is 4.91. The van der Waals surface area contributed by atoms with Crippen LogP contribution in [-0.4, -0.2) is 28.3 Å². The summed E-state index contributed by atoms with van der Waals surface area (Å²) in [7, 11) is 0. The van der Waals surface area contributed by atoms with Crippen molar-refractivity contribution in [2.75, 3.05) is 6.54 Å². The summed E-state index contributed by atoms with van der Waals surface area (Å²) in [6.07, 6.45) is 0.604. The number of carbonyl (C=O) groups is 1. The summed E-state index contributed by atoms with van der Waals surface area (Å²) < 4.78 is 0. The molecule has 19 heavy (non-hydrogen) atoms. The molecule has 1 rings (SSSR count). The van der Waals surface area contributed by atoms with Crippen molar-refractivity contribution in [1.82, 2.24) is 5.32 Å². The fourth-order valence-electron chi connectivity index (χ4n) is 2.15. The van der Waals surface area contributed by atoms with E-state index in [9.17, 15) is 15.0 Å². The Bertz CT molecular complexity index is 453. The highest BCUT2D eigenvalue weighted by Crippen LogP contribution is 2.19. The molecule has 4 nitrogen and oxygen atoms in total. The number of hydrogen-bond donors (Lipinski definition) is 3. The third-order valence-electron chi connectivity index (χ3n) is 2.88. The van der Waals surface area contributed by atoms with Crippen molar-refractivity contribution < 1.29 is 15.0 Å². The normalized spacial score (nSPS) is 14.2. The number of benzene rings is 1. The van der Waals surface area contributed by atoms with Gasteiger partial charge in [0.2, 0.25) is 0 Å². The summed E-state index contributed by atoms with van der Waals surface area (Å²) in [6, 6.07) is 4.89. The lowest BCUT2D eigenvalue weighted by Crippen LogP contribution is -2.41. The van der Waals surface area contributed by atoms with Gasteiger partial charge in [-0.25, -0.2) is 0 Å². The summed E-state index contributed by atoms with van der Waals surface area (Å²) in [6.45, 7) is 7.73. The molecule has 0 heterocycles. The highest BCUT2D eigenvalue weighted by atomic mass is 16.3. The van der Waals surface area contributed by atoms with Gasteiger partial charge in [0, 0.05) is 6.54 Å². The molecule has 0 spiro atoms. The van der Waals surface area contributed by atoms with Gasteiger partial charge in [-0.15, -0.1) is 0 Å². The molecule has 0 saturated heterocycles. The highest BCUT2D eigenvalue weighted by molar-refractivity contribution is 5.96. The van der Waals surface area contributed by atoms with E-state index >= 15 is 0 Å². The molecular formula is C15H23NO3. The maximum Gasteiger partial charge on any atom is 0.255 e. The first-order valence-electron chi connectivity index (χ1n) is 6.51. The monoisotopic (exact) mass is 265 g/mol. The molecular weight excluding hydrogens is 242 g/mol. The molecule has 1 atom stereocenters. The van der Waals surface area contributed by atoms with Crippen LogP contribution in [0.4, 0.5) is 0 Å². The van der Waals surface area contributed by atoms with Crippen LogP contribution >= 0.6 is 0 Å². The van der Waals surface area contributed by atoms with E-state index in [2.05, 4.69) is 5.32 Å². The Morgan fingerprint density at radius 3 is 2.58 bits per heavy atom. The Morgan fingerprint density at radius 2 is 2.05 bits per heavy atom. The van der Waals surface area contributed by atoms with Crippen molar-refractivity contribution in [3.8, 4) is 5.75 Å². The number of nitrogens with one attached hydrogen (secondary N) is 1. The average Bonchev–Trinajstić information content (AvgIpc) is 2.24. The van der Waals surface area contributed by atoms with Crippen LogP contribution in [0.5, 0.6) is 5.75 Å². The molecule has 0 saturated carbocycles. The van der Waals surface area contributed by atoms with Crippen molar-refractivity contribution >= 4 is 5.91 Å². The Hall–Kier alpha value is -1.55. The van der Waals surface area contributed by atoms with Gasteiger partial charge < -0.3 is 15.5 Å². The second-order valence-corrected chi connectivity index (χ2v) is 5.80. The van der Waals surface area contributed by atoms with Crippen LogP contribution in [0.15, 0.2) is 18.2 Å². The van der Waals surface area contributed by atoms with E-state index in [1.165, 1.54) is 0 Å². The molecule has 0 aliphatic rings. The Labute approximate surface area is 114 Å². The third-order valence-corrected chi connectivity index (χ3v) is 2.88. The number of amides is 1. The van der Waals surface area contributed by atoms with Gasteiger partial charge in [-0.2, -0.15) is 0 Å². The summed E-state index contributed by atoms with van der Waals surface area (Å²) in [5.41, 5.74) is 0.177. The Morgan fingerprint density at radius 1 is 1.42 bits per heavy atom. The Balaban J connectivity index is 2.65.